The third kappa shape index (κ3) is 3.38. The van der Waals surface area contributed by atoms with Crippen molar-refractivity contribution in [3.05, 3.63) is 59.6 Å². The zero-order valence-electron chi connectivity index (χ0n) is 12.0. The van der Waals surface area contributed by atoms with Gasteiger partial charge in [-0.15, -0.1) is 0 Å². The van der Waals surface area contributed by atoms with E-state index in [1.807, 2.05) is 24.3 Å². The Morgan fingerprint density at radius 2 is 2.05 bits per heavy atom. The lowest BCUT2D eigenvalue weighted by atomic mass is 10.0. The van der Waals surface area contributed by atoms with Crippen LogP contribution in [0.1, 0.15) is 28.3 Å². The maximum atomic E-state index is 10.7. The Balaban J connectivity index is 1.61. The van der Waals surface area contributed by atoms with E-state index in [1.54, 1.807) is 6.07 Å². The summed E-state index contributed by atoms with van der Waals surface area (Å²) >= 11 is 0. The zero-order chi connectivity index (χ0) is 15.4. The average molecular weight is 299 g/mol. The summed E-state index contributed by atoms with van der Waals surface area (Å²) < 4.78 is 10.8. The summed E-state index contributed by atoms with van der Waals surface area (Å²) in [6.07, 6.45) is 3.24. The molecule has 0 atom stereocenters. The molecule has 0 spiro atoms. The number of carboxylic acids is 1. The van der Waals surface area contributed by atoms with E-state index < -0.39 is 5.97 Å². The molecule has 3 rings (SSSR count). The molecule has 0 saturated carbocycles. The van der Waals surface area contributed by atoms with Crippen LogP contribution in [-0.4, -0.2) is 24.2 Å². The number of nitrogens with one attached hydrogen (secondary N) is 1. The Hall–Kier alpha value is -2.53. The van der Waals surface area contributed by atoms with Crippen molar-refractivity contribution in [1.29, 1.82) is 0 Å². The van der Waals surface area contributed by atoms with Gasteiger partial charge in [-0.05, 0) is 48.4 Å². The molecule has 0 aliphatic carbocycles. The standard InChI is InChI=1S/C17H17NO4/c19-17(20)16-6-5-15(22-16)11-21-14-3-1-12(2-4-14)13-7-9-18-10-8-13/h1-7,18H,8-11H2,(H,19,20). The van der Waals surface area contributed by atoms with Gasteiger partial charge in [0, 0.05) is 6.54 Å². The highest BCUT2D eigenvalue weighted by molar-refractivity contribution is 5.84. The largest absolute Gasteiger partial charge is 0.486 e. The van der Waals surface area contributed by atoms with Crippen molar-refractivity contribution in [1.82, 2.24) is 5.32 Å². The molecule has 0 fully saturated rings. The van der Waals surface area contributed by atoms with E-state index >= 15 is 0 Å². The number of carbonyl (C=O) groups is 1. The number of hydrogen-bond donors (Lipinski definition) is 2. The van der Waals surface area contributed by atoms with Crippen LogP contribution in [0.5, 0.6) is 5.75 Å². The van der Waals surface area contributed by atoms with Crippen molar-refractivity contribution in [2.75, 3.05) is 13.1 Å². The topological polar surface area (TPSA) is 71.7 Å². The first-order chi connectivity index (χ1) is 10.7. The summed E-state index contributed by atoms with van der Waals surface area (Å²) in [5.41, 5.74) is 2.56. The summed E-state index contributed by atoms with van der Waals surface area (Å²) in [4.78, 5) is 10.7. The van der Waals surface area contributed by atoms with Gasteiger partial charge < -0.3 is 19.6 Å². The molecular weight excluding hydrogens is 282 g/mol. The Morgan fingerprint density at radius 3 is 2.68 bits per heavy atom. The lowest BCUT2D eigenvalue weighted by Crippen LogP contribution is -2.19. The van der Waals surface area contributed by atoms with E-state index in [4.69, 9.17) is 14.3 Å². The summed E-state index contributed by atoms with van der Waals surface area (Å²) in [5, 5.41) is 12.1. The second-order valence-electron chi connectivity index (χ2n) is 5.07. The highest BCUT2D eigenvalue weighted by Gasteiger charge is 2.09. The summed E-state index contributed by atoms with van der Waals surface area (Å²) in [5.74, 6) is 0.0618. The first-order valence-corrected chi connectivity index (χ1v) is 7.17. The van der Waals surface area contributed by atoms with Crippen LogP contribution >= 0.6 is 0 Å². The normalized spacial score (nSPS) is 14.5. The van der Waals surface area contributed by atoms with Gasteiger partial charge in [0.2, 0.25) is 5.76 Å². The van der Waals surface area contributed by atoms with Crippen LogP contribution in [0.25, 0.3) is 5.57 Å². The molecule has 0 saturated heterocycles. The van der Waals surface area contributed by atoms with Crippen molar-refractivity contribution >= 4 is 11.5 Å². The fourth-order valence-corrected chi connectivity index (χ4v) is 2.37. The van der Waals surface area contributed by atoms with Gasteiger partial charge in [-0.3, -0.25) is 0 Å². The van der Waals surface area contributed by atoms with E-state index in [9.17, 15) is 4.79 Å². The van der Waals surface area contributed by atoms with Crippen LogP contribution in [0, 0.1) is 0 Å². The molecule has 2 N–H and O–H groups in total. The predicted octanol–water partition coefficient (Wildman–Crippen LogP) is 2.93. The molecule has 114 valence electrons. The molecule has 1 aliphatic heterocycles. The molecule has 1 aliphatic rings. The Labute approximate surface area is 128 Å². The summed E-state index contributed by atoms with van der Waals surface area (Å²) in [6.45, 7) is 2.13. The first-order valence-electron chi connectivity index (χ1n) is 7.17. The van der Waals surface area contributed by atoms with Gasteiger partial charge in [-0.2, -0.15) is 0 Å². The third-order valence-electron chi connectivity index (χ3n) is 3.54. The minimum atomic E-state index is -1.08. The van der Waals surface area contributed by atoms with E-state index in [0.29, 0.717) is 5.76 Å². The molecule has 2 aromatic rings. The monoisotopic (exact) mass is 299 g/mol. The van der Waals surface area contributed by atoms with Crippen LogP contribution in [0.2, 0.25) is 0 Å². The summed E-state index contributed by atoms with van der Waals surface area (Å²) in [7, 11) is 0. The van der Waals surface area contributed by atoms with E-state index in [1.165, 1.54) is 17.2 Å². The summed E-state index contributed by atoms with van der Waals surface area (Å²) in [6, 6.07) is 10.9. The third-order valence-corrected chi connectivity index (χ3v) is 3.54. The van der Waals surface area contributed by atoms with Crippen molar-refractivity contribution in [3.63, 3.8) is 0 Å². The van der Waals surface area contributed by atoms with E-state index in [2.05, 4.69) is 11.4 Å². The molecule has 1 aromatic heterocycles. The molecule has 22 heavy (non-hydrogen) atoms. The van der Waals surface area contributed by atoms with Gasteiger partial charge in [-0.1, -0.05) is 18.2 Å². The number of furan rings is 1. The predicted molar refractivity (Wildman–Crippen MR) is 81.9 cm³/mol. The van der Waals surface area contributed by atoms with E-state index in [-0.39, 0.29) is 12.4 Å². The molecule has 5 heteroatoms. The minimum absolute atomic E-state index is 0.0770. The molecule has 0 amide bonds. The highest BCUT2D eigenvalue weighted by Crippen LogP contribution is 2.23. The van der Waals surface area contributed by atoms with Crippen LogP contribution in [0.4, 0.5) is 0 Å². The van der Waals surface area contributed by atoms with Crippen molar-refractivity contribution < 1.29 is 19.1 Å². The zero-order valence-corrected chi connectivity index (χ0v) is 12.0. The lowest BCUT2D eigenvalue weighted by Gasteiger charge is -2.14. The number of carboxylic acid groups (broad SMARTS) is 1. The number of rotatable bonds is 5. The fourth-order valence-electron chi connectivity index (χ4n) is 2.37. The van der Waals surface area contributed by atoms with Gasteiger partial charge in [-0.25, -0.2) is 4.79 Å². The van der Waals surface area contributed by atoms with Gasteiger partial charge in [0.05, 0.1) is 0 Å². The Kier molecular flexibility index (Phi) is 4.25. The van der Waals surface area contributed by atoms with Gasteiger partial charge in [0.15, 0.2) is 0 Å². The molecule has 0 radical (unpaired) electrons. The minimum Gasteiger partial charge on any atom is -0.486 e. The smallest absolute Gasteiger partial charge is 0.371 e. The maximum absolute atomic E-state index is 10.7. The molecule has 0 unspecified atom stereocenters. The van der Waals surface area contributed by atoms with Gasteiger partial charge >= 0.3 is 5.97 Å². The van der Waals surface area contributed by atoms with E-state index in [0.717, 1.165) is 25.3 Å². The molecule has 1 aromatic carbocycles. The number of benzene rings is 1. The van der Waals surface area contributed by atoms with Crippen LogP contribution < -0.4 is 10.1 Å². The maximum Gasteiger partial charge on any atom is 0.371 e. The van der Waals surface area contributed by atoms with Crippen molar-refractivity contribution in [2.45, 2.75) is 13.0 Å². The molecule has 0 bridgehead atoms. The number of hydrogen-bond acceptors (Lipinski definition) is 4. The van der Waals surface area contributed by atoms with Crippen LogP contribution in [-0.2, 0) is 6.61 Å². The van der Waals surface area contributed by atoms with Crippen molar-refractivity contribution in [3.8, 4) is 5.75 Å². The number of ether oxygens (including phenoxy) is 1. The SMILES string of the molecule is O=C(O)c1ccc(COc2ccc(C3=CCNCC3)cc2)o1. The lowest BCUT2D eigenvalue weighted by molar-refractivity contribution is 0.0658. The molecule has 2 heterocycles. The van der Waals surface area contributed by atoms with Crippen molar-refractivity contribution in [2.24, 2.45) is 0 Å². The number of aromatic carboxylic acids is 1. The van der Waals surface area contributed by atoms with Crippen LogP contribution in [0.15, 0.2) is 46.9 Å². The quantitative estimate of drug-likeness (QED) is 0.888. The average Bonchev–Trinajstić information content (AvgIpc) is 3.04. The Morgan fingerprint density at radius 1 is 1.23 bits per heavy atom. The van der Waals surface area contributed by atoms with Gasteiger partial charge in [0.1, 0.15) is 18.1 Å². The highest BCUT2D eigenvalue weighted by atomic mass is 16.5. The Bertz CT molecular complexity index is 685. The molecular formula is C17H17NO4. The van der Waals surface area contributed by atoms with Crippen LogP contribution in [0.3, 0.4) is 0 Å². The molecule has 5 nitrogen and oxygen atoms in total. The second-order valence-corrected chi connectivity index (χ2v) is 5.07. The second kappa shape index (κ2) is 6.49. The van der Waals surface area contributed by atoms with Gasteiger partial charge in [0.25, 0.3) is 0 Å². The first kappa shape index (κ1) is 14.4. The fraction of sp³-hybridized carbons (Fsp3) is 0.235.